The van der Waals surface area contributed by atoms with Crippen LogP contribution in [0.25, 0.3) is 0 Å². The van der Waals surface area contributed by atoms with E-state index in [0.717, 1.165) is 0 Å². The first-order chi connectivity index (χ1) is 1.41. The molecule has 0 aromatic carbocycles. The minimum atomic E-state index is 0. The summed E-state index contributed by atoms with van der Waals surface area (Å²) in [6, 6.07) is 0. The van der Waals surface area contributed by atoms with Crippen LogP contribution in [-0.2, 0) is 52.7 Å². The molecule has 0 amide bonds. The number of hydrogen-bond donors (Lipinski definition) is 0. The molecule has 0 atom stereocenters. The Kier molecular flexibility index (Phi) is 20.1. The summed E-state index contributed by atoms with van der Waals surface area (Å²) in [7, 11) is 0. The Hall–Kier alpha value is 1.52. The second kappa shape index (κ2) is 8.82. The standard InChI is InChI=1S/3Fe.O. The molecule has 0 rings (SSSR count). The fourth-order valence-electron chi connectivity index (χ4n) is 0. The number of rotatable bonds is 0. The van der Waals surface area contributed by atoms with Crippen LogP contribution in [0, 0.1) is 0 Å². The van der Waals surface area contributed by atoms with Gasteiger partial charge in [0.2, 0.25) is 0 Å². The van der Waals surface area contributed by atoms with Crippen LogP contribution in [0.15, 0.2) is 0 Å². The predicted molar refractivity (Wildman–Crippen MR) is 1.08 cm³/mol. The van der Waals surface area contributed by atoms with Gasteiger partial charge in [-0.05, 0) is 0 Å². The molecule has 0 bridgehead atoms. The van der Waals surface area contributed by atoms with Gasteiger partial charge < -0.3 is 0 Å². The Morgan fingerprint density at radius 2 is 1.25 bits per heavy atom. The van der Waals surface area contributed by atoms with Crippen molar-refractivity contribution in [3.8, 4) is 0 Å². The normalized spacial score (nSPS) is 4.50. The van der Waals surface area contributed by atoms with Crippen molar-refractivity contribution in [1.82, 2.24) is 0 Å². The van der Waals surface area contributed by atoms with Gasteiger partial charge in [0.1, 0.15) is 0 Å². The van der Waals surface area contributed by atoms with Gasteiger partial charge in [0.15, 0.2) is 0 Å². The van der Waals surface area contributed by atoms with Gasteiger partial charge in [0, 0.05) is 17.1 Å². The Labute approximate surface area is 52.6 Å². The van der Waals surface area contributed by atoms with Crippen molar-refractivity contribution in [2.75, 3.05) is 0 Å². The van der Waals surface area contributed by atoms with Crippen LogP contribution in [0.3, 0.4) is 0 Å². The Bertz CT molecular complexity index is 3.25. The molecular weight excluding hydrogens is 184 g/mol. The first-order valence-corrected chi connectivity index (χ1v) is 1.19. The summed E-state index contributed by atoms with van der Waals surface area (Å²) in [6.45, 7) is 0. The zero-order valence-corrected chi connectivity index (χ0v) is 4.78. The molecule has 0 aliphatic rings. The monoisotopic (exact) mass is 184 g/mol. The van der Waals surface area contributed by atoms with Crippen LogP contribution in [-0.4, -0.2) is 0 Å². The Morgan fingerprint density at radius 1 is 1.25 bits per heavy atom. The van der Waals surface area contributed by atoms with Gasteiger partial charge in [-0.1, -0.05) is 0 Å². The Balaban J connectivity index is 0. The SMILES string of the molecule is [Fe].[Fe][O][Fe]. The first-order valence-electron chi connectivity index (χ1n) is 0.289. The van der Waals surface area contributed by atoms with E-state index >= 15 is 0 Å². The van der Waals surface area contributed by atoms with Gasteiger partial charge in [-0.2, -0.15) is 0 Å². The van der Waals surface area contributed by atoms with Gasteiger partial charge in [0.25, 0.3) is 0 Å². The fraction of sp³-hybridized carbons (Fsp3) is 0. The third kappa shape index (κ3) is 9.68. The van der Waals surface area contributed by atoms with Gasteiger partial charge in [-0.3, -0.25) is 0 Å². The van der Waals surface area contributed by atoms with E-state index in [1.165, 1.54) is 0 Å². The van der Waals surface area contributed by atoms with Crippen LogP contribution in [0.2, 0.25) is 0 Å². The van der Waals surface area contributed by atoms with Crippen molar-refractivity contribution in [2.24, 2.45) is 0 Å². The van der Waals surface area contributed by atoms with E-state index in [1.807, 2.05) is 0 Å². The third-order valence-corrected chi connectivity index (χ3v) is 0. The van der Waals surface area contributed by atoms with Crippen LogP contribution < -0.4 is 0 Å². The molecule has 0 N–H and O–H groups in total. The van der Waals surface area contributed by atoms with Crippen molar-refractivity contribution in [3.63, 3.8) is 0 Å². The van der Waals surface area contributed by atoms with E-state index in [2.05, 4.69) is 35.6 Å². The molecule has 4 heavy (non-hydrogen) atoms. The first kappa shape index (κ1) is 9.10. The third-order valence-electron chi connectivity index (χ3n) is 0. The average Bonchev–Trinajstić information content (AvgIpc) is 0.918. The summed E-state index contributed by atoms with van der Waals surface area (Å²) in [6.07, 6.45) is 0. The molecule has 0 aliphatic carbocycles. The number of hydrogen-bond acceptors (Lipinski definition) is 1. The molecule has 0 unspecified atom stereocenters. The van der Waals surface area contributed by atoms with Crippen molar-refractivity contribution < 1.29 is 52.7 Å². The summed E-state index contributed by atoms with van der Waals surface area (Å²) in [5.74, 6) is 0. The maximum absolute atomic E-state index is 3.75. The minimum absolute atomic E-state index is 0. The molecule has 4 heteroatoms. The van der Waals surface area contributed by atoms with E-state index in [0.29, 0.717) is 0 Å². The van der Waals surface area contributed by atoms with Crippen molar-refractivity contribution >= 4 is 0 Å². The van der Waals surface area contributed by atoms with Gasteiger partial charge in [-0.15, -0.1) is 0 Å². The van der Waals surface area contributed by atoms with E-state index in [-0.39, 0.29) is 17.1 Å². The van der Waals surface area contributed by atoms with E-state index in [9.17, 15) is 0 Å². The summed E-state index contributed by atoms with van der Waals surface area (Å²) < 4.78 is 3.75. The Morgan fingerprint density at radius 3 is 1.25 bits per heavy atom. The van der Waals surface area contributed by atoms with Crippen molar-refractivity contribution in [1.29, 1.82) is 0 Å². The average molecular weight is 184 g/mol. The van der Waals surface area contributed by atoms with E-state index in [1.54, 1.807) is 0 Å². The fourth-order valence-corrected chi connectivity index (χ4v) is 0. The van der Waals surface area contributed by atoms with Crippen molar-refractivity contribution in [2.45, 2.75) is 0 Å². The molecule has 30 valence electrons. The topological polar surface area (TPSA) is 9.23 Å². The zero-order chi connectivity index (χ0) is 2.71. The maximum atomic E-state index is 3.75. The molecule has 0 aliphatic heterocycles. The zero-order valence-electron chi connectivity index (χ0n) is 1.47. The van der Waals surface area contributed by atoms with E-state index in [4.69, 9.17) is 0 Å². The molecule has 0 radical (unpaired) electrons. The van der Waals surface area contributed by atoms with Gasteiger partial charge >= 0.3 is 35.6 Å². The molecular formula is Fe3O. The van der Waals surface area contributed by atoms with Gasteiger partial charge in [-0.25, -0.2) is 0 Å². The molecule has 0 saturated heterocycles. The van der Waals surface area contributed by atoms with Crippen LogP contribution in [0.4, 0.5) is 0 Å². The van der Waals surface area contributed by atoms with Crippen LogP contribution in [0.1, 0.15) is 0 Å². The van der Waals surface area contributed by atoms with Crippen LogP contribution >= 0.6 is 0 Å². The quantitative estimate of drug-likeness (QED) is 0.478. The molecule has 0 aromatic rings. The second-order valence-corrected chi connectivity index (χ2v) is 0.868. The second-order valence-electron chi connectivity index (χ2n) is 0.0510. The predicted octanol–water partition coefficient (Wildman–Crippen LogP) is -0.0759. The van der Waals surface area contributed by atoms with Crippen molar-refractivity contribution in [3.05, 3.63) is 0 Å². The molecule has 0 saturated carbocycles. The summed E-state index contributed by atoms with van der Waals surface area (Å²) in [5, 5.41) is 0. The molecule has 0 aromatic heterocycles. The summed E-state index contributed by atoms with van der Waals surface area (Å²) in [5.41, 5.74) is 0. The van der Waals surface area contributed by atoms with E-state index < -0.39 is 0 Å². The van der Waals surface area contributed by atoms with Crippen LogP contribution in [0.5, 0.6) is 0 Å². The molecule has 1 nitrogen and oxygen atoms in total. The summed E-state index contributed by atoms with van der Waals surface area (Å²) >= 11 is 5.75. The summed E-state index contributed by atoms with van der Waals surface area (Å²) in [4.78, 5) is 0. The molecule has 0 fully saturated rings. The molecule has 0 heterocycles. The molecule has 0 spiro atoms. The van der Waals surface area contributed by atoms with Gasteiger partial charge in [0.05, 0.1) is 0 Å².